The molecule has 2 rings (SSSR count). The number of rotatable bonds is 4. The van der Waals surface area contributed by atoms with E-state index in [1.54, 1.807) is 24.3 Å². The van der Waals surface area contributed by atoms with Gasteiger partial charge in [0.05, 0.1) is 19.8 Å². The zero-order valence-electron chi connectivity index (χ0n) is 11.1. The van der Waals surface area contributed by atoms with Crippen LogP contribution in [0.4, 0.5) is 0 Å². The lowest BCUT2D eigenvalue weighted by Gasteiger charge is -2.11. The maximum atomic E-state index is 10.8. The summed E-state index contributed by atoms with van der Waals surface area (Å²) in [7, 11) is 3.06. The number of ether oxygens (including phenoxy) is 2. The topological polar surface area (TPSA) is 76.0 Å². The summed E-state index contributed by atoms with van der Waals surface area (Å²) in [5, 5.41) is 18.8. The molecule has 2 N–H and O–H groups in total. The molecule has 0 fully saturated rings. The standard InChI is InChI=1S/C15H14O5/c1-19-13-6-4-9(8-14(13)20-2)11-5-3-10(15(17)18)7-12(11)16/h3-8,16H,1-2H3,(H,17,18). The van der Waals surface area contributed by atoms with Gasteiger partial charge >= 0.3 is 5.97 Å². The molecule has 0 saturated carbocycles. The SMILES string of the molecule is COc1ccc(-c2ccc(C(=O)O)cc2O)cc1OC. The molecule has 0 unspecified atom stereocenters. The number of carbonyl (C=O) groups is 1. The molecule has 2 aromatic rings. The fourth-order valence-corrected chi connectivity index (χ4v) is 1.91. The van der Waals surface area contributed by atoms with Crippen LogP contribution in [-0.2, 0) is 0 Å². The molecule has 0 amide bonds. The summed E-state index contributed by atoms with van der Waals surface area (Å²) in [6.07, 6.45) is 0. The summed E-state index contributed by atoms with van der Waals surface area (Å²) in [4.78, 5) is 10.8. The number of carboxylic acids is 1. The second-order valence-corrected chi connectivity index (χ2v) is 4.11. The minimum absolute atomic E-state index is 0.0340. The number of methoxy groups -OCH3 is 2. The van der Waals surface area contributed by atoms with Crippen LogP contribution in [0.2, 0.25) is 0 Å². The van der Waals surface area contributed by atoms with Gasteiger partial charge in [-0.05, 0) is 35.9 Å². The molecule has 5 nitrogen and oxygen atoms in total. The van der Waals surface area contributed by atoms with Gasteiger partial charge in [-0.1, -0.05) is 6.07 Å². The smallest absolute Gasteiger partial charge is 0.335 e. The van der Waals surface area contributed by atoms with E-state index in [0.29, 0.717) is 22.6 Å². The Labute approximate surface area is 116 Å². The van der Waals surface area contributed by atoms with Crippen molar-refractivity contribution in [3.63, 3.8) is 0 Å². The zero-order chi connectivity index (χ0) is 14.7. The molecule has 0 saturated heterocycles. The largest absolute Gasteiger partial charge is 0.507 e. The number of carboxylic acid groups (broad SMARTS) is 1. The molecule has 20 heavy (non-hydrogen) atoms. The normalized spacial score (nSPS) is 10.1. The first-order valence-corrected chi connectivity index (χ1v) is 5.85. The minimum Gasteiger partial charge on any atom is -0.507 e. The average molecular weight is 274 g/mol. The van der Waals surface area contributed by atoms with Crippen molar-refractivity contribution in [2.75, 3.05) is 14.2 Å². The van der Waals surface area contributed by atoms with Crippen LogP contribution in [0.3, 0.4) is 0 Å². The molecule has 0 aromatic heterocycles. The molecule has 0 spiro atoms. The van der Waals surface area contributed by atoms with Gasteiger partial charge < -0.3 is 19.7 Å². The summed E-state index contributed by atoms with van der Waals surface area (Å²) in [5.41, 5.74) is 1.26. The molecule has 5 heteroatoms. The zero-order valence-corrected chi connectivity index (χ0v) is 11.1. The van der Waals surface area contributed by atoms with E-state index in [9.17, 15) is 9.90 Å². The Morgan fingerprint density at radius 1 is 1.00 bits per heavy atom. The Balaban J connectivity index is 2.49. The fraction of sp³-hybridized carbons (Fsp3) is 0.133. The van der Waals surface area contributed by atoms with E-state index in [1.165, 1.54) is 26.4 Å². The van der Waals surface area contributed by atoms with E-state index in [0.717, 1.165) is 0 Å². The van der Waals surface area contributed by atoms with Crippen molar-refractivity contribution in [3.05, 3.63) is 42.0 Å². The molecule has 0 heterocycles. The molecule has 0 aliphatic carbocycles. The Morgan fingerprint density at radius 2 is 1.70 bits per heavy atom. The number of benzene rings is 2. The van der Waals surface area contributed by atoms with Crippen LogP contribution in [0, 0.1) is 0 Å². The summed E-state index contributed by atoms with van der Waals surface area (Å²) in [6.45, 7) is 0. The van der Waals surface area contributed by atoms with E-state index in [4.69, 9.17) is 14.6 Å². The average Bonchev–Trinajstić information content (AvgIpc) is 2.46. The van der Waals surface area contributed by atoms with Gasteiger partial charge in [-0.25, -0.2) is 4.79 Å². The Hall–Kier alpha value is -2.69. The lowest BCUT2D eigenvalue weighted by Crippen LogP contribution is -1.96. The summed E-state index contributed by atoms with van der Waals surface area (Å²) in [5.74, 6) is -0.0686. The molecular formula is C15H14O5. The van der Waals surface area contributed by atoms with Gasteiger partial charge in [-0.3, -0.25) is 0 Å². The monoisotopic (exact) mass is 274 g/mol. The number of hydrogen-bond donors (Lipinski definition) is 2. The lowest BCUT2D eigenvalue weighted by atomic mass is 10.0. The Kier molecular flexibility index (Phi) is 3.79. The molecule has 0 atom stereocenters. The predicted octanol–water partition coefficient (Wildman–Crippen LogP) is 2.77. The van der Waals surface area contributed by atoms with Crippen molar-refractivity contribution in [1.29, 1.82) is 0 Å². The third-order valence-electron chi connectivity index (χ3n) is 2.94. The quantitative estimate of drug-likeness (QED) is 0.896. The van der Waals surface area contributed by atoms with Crippen LogP contribution >= 0.6 is 0 Å². The first-order chi connectivity index (χ1) is 9.56. The van der Waals surface area contributed by atoms with Crippen LogP contribution in [0.5, 0.6) is 17.2 Å². The maximum Gasteiger partial charge on any atom is 0.335 e. The highest BCUT2D eigenvalue weighted by Gasteiger charge is 2.11. The van der Waals surface area contributed by atoms with Gasteiger partial charge in [0.2, 0.25) is 0 Å². The first kappa shape index (κ1) is 13.7. The lowest BCUT2D eigenvalue weighted by molar-refractivity contribution is 0.0696. The molecular weight excluding hydrogens is 260 g/mol. The molecule has 0 radical (unpaired) electrons. The number of aromatic carboxylic acids is 1. The van der Waals surface area contributed by atoms with Gasteiger partial charge in [0.15, 0.2) is 11.5 Å². The summed E-state index contributed by atoms with van der Waals surface area (Å²) in [6, 6.07) is 9.41. The highest BCUT2D eigenvalue weighted by molar-refractivity contribution is 5.89. The van der Waals surface area contributed by atoms with Crippen molar-refractivity contribution in [1.82, 2.24) is 0 Å². The molecule has 0 bridgehead atoms. The van der Waals surface area contributed by atoms with E-state index in [1.807, 2.05) is 0 Å². The number of hydrogen-bond acceptors (Lipinski definition) is 4. The fourth-order valence-electron chi connectivity index (χ4n) is 1.91. The van der Waals surface area contributed by atoms with Crippen LogP contribution < -0.4 is 9.47 Å². The van der Waals surface area contributed by atoms with Gasteiger partial charge in [0.1, 0.15) is 5.75 Å². The third-order valence-corrected chi connectivity index (χ3v) is 2.94. The Morgan fingerprint density at radius 3 is 2.25 bits per heavy atom. The molecule has 0 aliphatic rings. The van der Waals surface area contributed by atoms with E-state index >= 15 is 0 Å². The summed E-state index contributed by atoms with van der Waals surface area (Å²) < 4.78 is 10.3. The van der Waals surface area contributed by atoms with Crippen LogP contribution in [0.25, 0.3) is 11.1 Å². The number of phenolic OH excluding ortho intramolecular Hbond substituents is 1. The first-order valence-electron chi connectivity index (χ1n) is 5.85. The predicted molar refractivity (Wildman–Crippen MR) is 73.6 cm³/mol. The highest BCUT2D eigenvalue weighted by atomic mass is 16.5. The minimum atomic E-state index is -1.08. The summed E-state index contributed by atoms with van der Waals surface area (Å²) >= 11 is 0. The van der Waals surface area contributed by atoms with Gasteiger partial charge in [-0.15, -0.1) is 0 Å². The molecule has 0 aliphatic heterocycles. The van der Waals surface area contributed by atoms with Crippen molar-refractivity contribution < 1.29 is 24.5 Å². The van der Waals surface area contributed by atoms with Crippen LogP contribution in [0.1, 0.15) is 10.4 Å². The van der Waals surface area contributed by atoms with Crippen LogP contribution in [0.15, 0.2) is 36.4 Å². The molecule has 2 aromatic carbocycles. The van der Waals surface area contributed by atoms with E-state index < -0.39 is 5.97 Å². The van der Waals surface area contributed by atoms with E-state index in [-0.39, 0.29) is 11.3 Å². The maximum absolute atomic E-state index is 10.8. The van der Waals surface area contributed by atoms with Gasteiger partial charge in [0, 0.05) is 5.56 Å². The van der Waals surface area contributed by atoms with Crippen molar-refractivity contribution >= 4 is 5.97 Å². The van der Waals surface area contributed by atoms with Crippen LogP contribution in [-0.4, -0.2) is 30.4 Å². The Bertz CT molecular complexity index is 649. The van der Waals surface area contributed by atoms with Gasteiger partial charge in [0.25, 0.3) is 0 Å². The van der Waals surface area contributed by atoms with Crippen molar-refractivity contribution in [2.45, 2.75) is 0 Å². The van der Waals surface area contributed by atoms with Crippen molar-refractivity contribution in [2.24, 2.45) is 0 Å². The van der Waals surface area contributed by atoms with E-state index in [2.05, 4.69) is 0 Å². The molecule has 104 valence electrons. The highest BCUT2D eigenvalue weighted by Crippen LogP contribution is 2.36. The number of phenols is 1. The third kappa shape index (κ3) is 2.51. The van der Waals surface area contributed by atoms with Gasteiger partial charge in [-0.2, -0.15) is 0 Å². The van der Waals surface area contributed by atoms with Crippen molar-refractivity contribution in [3.8, 4) is 28.4 Å². The second-order valence-electron chi connectivity index (χ2n) is 4.11. The second kappa shape index (κ2) is 5.52. The number of aromatic hydroxyl groups is 1.